The van der Waals surface area contributed by atoms with Crippen LogP contribution in [0.4, 0.5) is 5.69 Å². The van der Waals surface area contributed by atoms with Gasteiger partial charge in [0, 0.05) is 16.7 Å². The van der Waals surface area contributed by atoms with Crippen LogP contribution >= 0.6 is 15.9 Å². The number of sulfonamides is 1. The van der Waals surface area contributed by atoms with Crippen molar-refractivity contribution in [3.63, 3.8) is 0 Å². The number of carbonyl (C=O) groups excluding carboxylic acids is 1. The van der Waals surface area contributed by atoms with E-state index in [1.807, 2.05) is 56.3 Å². The molecule has 0 heterocycles. The second-order valence-electron chi connectivity index (χ2n) is 7.23. The number of rotatable bonds is 8. The number of hydrogen-bond acceptors (Lipinski definition) is 3. The Kier molecular flexibility index (Phi) is 7.64. The first-order valence-corrected chi connectivity index (χ1v) is 12.2. The number of amides is 1. The van der Waals surface area contributed by atoms with E-state index < -0.39 is 10.0 Å². The summed E-state index contributed by atoms with van der Waals surface area (Å²) in [5.41, 5.74) is 3.44. The first-order chi connectivity index (χ1) is 14.8. The number of benzene rings is 3. The molecule has 0 aliphatic heterocycles. The summed E-state index contributed by atoms with van der Waals surface area (Å²) in [5.74, 6) is -0.379. The summed E-state index contributed by atoms with van der Waals surface area (Å²) < 4.78 is 28.8. The van der Waals surface area contributed by atoms with Gasteiger partial charge in [0.2, 0.25) is 15.9 Å². The molecule has 3 aromatic rings. The van der Waals surface area contributed by atoms with Crippen molar-refractivity contribution in [1.82, 2.24) is 4.31 Å². The van der Waals surface area contributed by atoms with E-state index in [0.717, 1.165) is 33.3 Å². The van der Waals surface area contributed by atoms with Crippen LogP contribution in [0.25, 0.3) is 0 Å². The average Bonchev–Trinajstić information content (AvgIpc) is 2.76. The minimum atomic E-state index is -3.85. The smallest absolute Gasteiger partial charge is 0.243 e. The van der Waals surface area contributed by atoms with Crippen LogP contribution in [0.2, 0.25) is 0 Å². The Morgan fingerprint density at radius 3 is 2.23 bits per heavy atom. The van der Waals surface area contributed by atoms with Gasteiger partial charge in [-0.05, 0) is 54.3 Å². The van der Waals surface area contributed by atoms with Gasteiger partial charge in [-0.1, -0.05) is 71.4 Å². The number of nitrogens with zero attached hydrogens (tertiary/aromatic N) is 1. The molecule has 1 amide bonds. The van der Waals surface area contributed by atoms with E-state index in [-0.39, 0.29) is 23.9 Å². The Morgan fingerprint density at radius 2 is 1.61 bits per heavy atom. The largest absolute Gasteiger partial charge is 0.324 e. The number of aryl methyl sites for hydroxylation is 2. The van der Waals surface area contributed by atoms with E-state index in [2.05, 4.69) is 21.2 Å². The van der Waals surface area contributed by atoms with E-state index in [4.69, 9.17) is 0 Å². The van der Waals surface area contributed by atoms with Gasteiger partial charge in [-0.25, -0.2) is 8.42 Å². The van der Waals surface area contributed by atoms with Crippen molar-refractivity contribution in [3.05, 3.63) is 94.0 Å². The molecule has 7 heteroatoms. The summed E-state index contributed by atoms with van der Waals surface area (Å²) in [7, 11) is -3.85. The minimum Gasteiger partial charge on any atom is -0.324 e. The van der Waals surface area contributed by atoms with Crippen molar-refractivity contribution in [2.45, 2.75) is 31.7 Å². The molecule has 3 aromatic carbocycles. The van der Waals surface area contributed by atoms with Crippen molar-refractivity contribution < 1.29 is 13.2 Å². The lowest BCUT2D eigenvalue weighted by molar-refractivity contribution is -0.116. The van der Waals surface area contributed by atoms with Crippen LogP contribution in [-0.4, -0.2) is 25.2 Å². The van der Waals surface area contributed by atoms with E-state index in [1.54, 1.807) is 30.3 Å². The fourth-order valence-electron chi connectivity index (χ4n) is 3.36. The highest BCUT2D eigenvalue weighted by molar-refractivity contribution is 9.10. The Balaban J connectivity index is 1.89. The topological polar surface area (TPSA) is 66.5 Å². The van der Waals surface area contributed by atoms with Gasteiger partial charge in [-0.3, -0.25) is 4.79 Å². The standard InChI is InChI=1S/C24H25BrN2O3S/c1-3-20-15-21(25)14-18(2)24(20)26-23(28)17-27(16-19-10-6-4-7-11-19)31(29,30)22-12-8-5-9-13-22/h4-15H,3,16-17H2,1-2H3,(H,26,28). The lowest BCUT2D eigenvalue weighted by atomic mass is 10.1. The summed E-state index contributed by atoms with van der Waals surface area (Å²) >= 11 is 3.48. The van der Waals surface area contributed by atoms with Crippen molar-refractivity contribution in [2.24, 2.45) is 0 Å². The molecular weight excluding hydrogens is 476 g/mol. The maximum Gasteiger partial charge on any atom is 0.243 e. The first-order valence-electron chi connectivity index (χ1n) is 9.99. The summed E-state index contributed by atoms with van der Waals surface area (Å²) in [5, 5.41) is 2.93. The monoisotopic (exact) mass is 500 g/mol. The predicted molar refractivity (Wildman–Crippen MR) is 127 cm³/mol. The van der Waals surface area contributed by atoms with Crippen LogP contribution in [0.15, 0.2) is 82.2 Å². The number of anilines is 1. The summed E-state index contributed by atoms with van der Waals surface area (Å²) in [4.78, 5) is 13.1. The molecule has 0 aromatic heterocycles. The summed E-state index contributed by atoms with van der Waals surface area (Å²) in [6.45, 7) is 3.75. The SMILES string of the molecule is CCc1cc(Br)cc(C)c1NC(=O)CN(Cc1ccccc1)S(=O)(=O)c1ccccc1. The van der Waals surface area contributed by atoms with Crippen LogP contribution in [0.3, 0.4) is 0 Å². The molecular formula is C24H25BrN2O3S. The molecule has 31 heavy (non-hydrogen) atoms. The van der Waals surface area contributed by atoms with E-state index >= 15 is 0 Å². The lowest BCUT2D eigenvalue weighted by Gasteiger charge is -2.23. The zero-order chi connectivity index (χ0) is 22.4. The van der Waals surface area contributed by atoms with Gasteiger partial charge in [0.1, 0.15) is 0 Å². The average molecular weight is 501 g/mol. The van der Waals surface area contributed by atoms with Gasteiger partial charge < -0.3 is 5.32 Å². The molecule has 0 bridgehead atoms. The molecule has 5 nitrogen and oxygen atoms in total. The molecule has 1 N–H and O–H groups in total. The molecule has 3 rings (SSSR count). The molecule has 0 atom stereocenters. The molecule has 0 unspecified atom stereocenters. The molecule has 0 aliphatic rings. The minimum absolute atomic E-state index is 0.103. The second kappa shape index (κ2) is 10.2. The van der Waals surface area contributed by atoms with Crippen molar-refractivity contribution in [2.75, 3.05) is 11.9 Å². The quantitative estimate of drug-likeness (QED) is 0.464. The maximum absolute atomic E-state index is 13.3. The summed E-state index contributed by atoms with van der Waals surface area (Å²) in [6.07, 6.45) is 0.742. The van der Waals surface area contributed by atoms with E-state index in [9.17, 15) is 13.2 Å². The lowest BCUT2D eigenvalue weighted by Crippen LogP contribution is -2.37. The van der Waals surface area contributed by atoms with Gasteiger partial charge in [0.15, 0.2) is 0 Å². The van der Waals surface area contributed by atoms with Gasteiger partial charge >= 0.3 is 0 Å². The van der Waals surface area contributed by atoms with Crippen molar-refractivity contribution >= 4 is 37.5 Å². The maximum atomic E-state index is 13.3. The predicted octanol–water partition coefficient (Wildman–Crippen LogP) is 5.15. The van der Waals surface area contributed by atoms with Crippen LogP contribution < -0.4 is 5.32 Å². The Labute approximate surface area is 192 Å². The van der Waals surface area contributed by atoms with Gasteiger partial charge in [-0.15, -0.1) is 0 Å². The van der Waals surface area contributed by atoms with Crippen molar-refractivity contribution in [1.29, 1.82) is 0 Å². The molecule has 0 aliphatic carbocycles. The highest BCUT2D eigenvalue weighted by atomic mass is 79.9. The number of halogens is 1. The fourth-order valence-corrected chi connectivity index (χ4v) is 5.39. The molecule has 0 spiro atoms. The number of carbonyl (C=O) groups is 1. The van der Waals surface area contributed by atoms with Crippen LogP contribution in [0.5, 0.6) is 0 Å². The highest BCUT2D eigenvalue weighted by Crippen LogP contribution is 2.27. The van der Waals surface area contributed by atoms with E-state index in [0.29, 0.717) is 0 Å². The third-order valence-electron chi connectivity index (χ3n) is 4.93. The Morgan fingerprint density at radius 1 is 1.00 bits per heavy atom. The van der Waals surface area contributed by atoms with E-state index in [1.165, 1.54) is 4.31 Å². The van der Waals surface area contributed by atoms with Crippen LogP contribution in [-0.2, 0) is 27.8 Å². The zero-order valence-electron chi connectivity index (χ0n) is 17.5. The van der Waals surface area contributed by atoms with Crippen LogP contribution in [0.1, 0.15) is 23.6 Å². The Bertz CT molecular complexity index is 1150. The molecule has 0 radical (unpaired) electrons. The Hall–Kier alpha value is -2.48. The highest BCUT2D eigenvalue weighted by Gasteiger charge is 2.27. The van der Waals surface area contributed by atoms with Gasteiger partial charge in [-0.2, -0.15) is 4.31 Å². The zero-order valence-corrected chi connectivity index (χ0v) is 19.9. The fraction of sp³-hybridized carbons (Fsp3) is 0.208. The molecule has 0 saturated heterocycles. The number of hydrogen-bond donors (Lipinski definition) is 1. The second-order valence-corrected chi connectivity index (χ2v) is 10.1. The molecule has 0 saturated carbocycles. The summed E-state index contributed by atoms with van der Waals surface area (Å²) in [6, 6.07) is 21.3. The molecule has 162 valence electrons. The first kappa shape index (κ1) is 23.2. The molecule has 0 fully saturated rings. The van der Waals surface area contributed by atoms with Gasteiger partial charge in [0.25, 0.3) is 0 Å². The third-order valence-corrected chi connectivity index (χ3v) is 7.19. The van der Waals surface area contributed by atoms with Gasteiger partial charge in [0.05, 0.1) is 11.4 Å². The van der Waals surface area contributed by atoms with Crippen LogP contribution in [0, 0.1) is 6.92 Å². The number of nitrogens with one attached hydrogen (secondary N) is 1. The normalized spacial score (nSPS) is 11.5. The third kappa shape index (κ3) is 5.81. The van der Waals surface area contributed by atoms with Crippen molar-refractivity contribution in [3.8, 4) is 0 Å².